The lowest BCUT2D eigenvalue weighted by Gasteiger charge is -2.21. The van der Waals surface area contributed by atoms with E-state index in [-0.39, 0.29) is 6.54 Å². The molecule has 1 aliphatic heterocycles. The number of nitrogens with zero attached hydrogens (tertiary/aromatic N) is 3. The Labute approximate surface area is 209 Å². The lowest BCUT2D eigenvalue weighted by molar-refractivity contribution is 0.454. The van der Waals surface area contributed by atoms with Crippen molar-refractivity contribution in [2.45, 2.75) is 25.3 Å². The molecule has 10 nitrogen and oxygen atoms in total. The van der Waals surface area contributed by atoms with Crippen molar-refractivity contribution in [1.82, 2.24) is 30.2 Å². The van der Waals surface area contributed by atoms with Crippen molar-refractivity contribution < 1.29 is 8.76 Å². The summed E-state index contributed by atoms with van der Waals surface area (Å²) in [4.78, 5) is 8.81. The Morgan fingerprint density at radius 3 is 2.80 bits per heavy atom. The maximum atomic E-state index is 10.9. The van der Waals surface area contributed by atoms with Crippen molar-refractivity contribution >= 4 is 56.9 Å². The van der Waals surface area contributed by atoms with Gasteiger partial charge in [0.15, 0.2) is 5.82 Å². The molecule has 0 radical (unpaired) electrons. The SMILES string of the molecule is O=S([O-])NCc1ccccc1Nc1nc(Nc2ccc3c(C4CCNCC4)[nH]nc3c2)ncc1Cl. The lowest BCUT2D eigenvalue weighted by Crippen LogP contribution is -2.26. The third kappa shape index (κ3) is 5.60. The second-order valence-corrected chi connectivity index (χ2v) is 9.41. The highest BCUT2D eigenvalue weighted by Gasteiger charge is 2.19. The van der Waals surface area contributed by atoms with Crippen LogP contribution in [0.5, 0.6) is 0 Å². The van der Waals surface area contributed by atoms with Crippen LogP contribution in [0.1, 0.15) is 30.0 Å². The number of piperidine rings is 1. The molecule has 2 aromatic heterocycles. The predicted octanol–water partition coefficient (Wildman–Crippen LogP) is 3.84. The number of anilines is 4. The van der Waals surface area contributed by atoms with Crippen LogP contribution >= 0.6 is 11.6 Å². The van der Waals surface area contributed by atoms with E-state index < -0.39 is 11.3 Å². The van der Waals surface area contributed by atoms with Gasteiger partial charge >= 0.3 is 0 Å². The maximum absolute atomic E-state index is 10.9. The van der Waals surface area contributed by atoms with Crippen molar-refractivity contribution in [3.8, 4) is 0 Å². The van der Waals surface area contributed by atoms with E-state index in [0.717, 1.165) is 48.1 Å². The number of halogens is 1. The van der Waals surface area contributed by atoms with E-state index in [1.54, 1.807) is 0 Å². The molecule has 0 spiro atoms. The van der Waals surface area contributed by atoms with Gasteiger partial charge in [-0.1, -0.05) is 29.8 Å². The monoisotopic (exact) mass is 511 g/mol. The van der Waals surface area contributed by atoms with Gasteiger partial charge in [0.2, 0.25) is 5.95 Å². The minimum atomic E-state index is -2.36. The van der Waals surface area contributed by atoms with Crippen molar-refractivity contribution in [2.24, 2.45) is 0 Å². The third-order valence-corrected chi connectivity index (χ3v) is 6.64. The summed E-state index contributed by atoms with van der Waals surface area (Å²) in [5.41, 5.74) is 4.30. The first kappa shape index (κ1) is 23.6. The van der Waals surface area contributed by atoms with Crippen LogP contribution in [0.25, 0.3) is 10.9 Å². The molecule has 4 aromatic rings. The van der Waals surface area contributed by atoms with Crippen LogP contribution in [0.15, 0.2) is 48.7 Å². The van der Waals surface area contributed by atoms with Crippen LogP contribution in [0.3, 0.4) is 0 Å². The Morgan fingerprint density at radius 2 is 1.97 bits per heavy atom. The summed E-state index contributed by atoms with van der Waals surface area (Å²) in [7, 11) is 0. The molecule has 182 valence electrons. The molecule has 0 saturated carbocycles. The number of fused-ring (bicyclic) bond motifs is 1. The molecule has 0 amide bonds. The average Bonchev–Trinajstić information content (AvgIpc) is 3.29. The fourth-order valence-electron chi connectivity index (χ4n) is 4.24. The average molecular weight is 512 g/mol. The molecule has 1 atom stereocenters. The zero-order valence-corrected chi connectivity index (χ0v) is 20.2. The second kappa shape index (κ2) is 10.7. The highest BCUT2D eigenvalue weighted by molar-refractivity contribution is 7.77. The molecule has 12 heteroatoms. The second-order valence-electron chi connectivity index (χ2n) is 8.25. The first-order chi connectivity index (χ1) is 17.1. The Hall–Kier alpha value is -3.09. The first-order valence-electron chi connectivity index (χ1n) is 11.2. The molecular weight excluding hydrogens is 488 g/mol. The van der Waals surface area contributed by atoms with Gasteiger partial charge in [0.05, 0.1) is 11.7 Å². The number of benzene rings is 2. The smallest absolute Gasteiger partial charge is 0.229 e. The molecule has 1 saturated heterocycles. The number of aromatic nitrogens is 4. The molecule has 0 bridgehead atoms. The summed E-state index contributed by atoms with van der Waals surface area (Å²) >= 11 is 3.97. The molecule has 1 aliphatic rings. The lowest BCUT2D eigenvalue weighted by atomic mass is 9.92. The van der Waals surface area contributed by atoms with Gasteiger partial charge in [-0.25, -0.2) is 9.71 Å². The maximum Gasteiger partial charge on any atom is 0.229 e. The van der Waals surface area contributed by atoms with Gasteiger partial charge in [-0.2, -0.15) is 10.1 Å². The van der Waals surface area contributed by atoms with Crippen molar-refractivity contribution in [2.75, 3.05) is 23.7 Å². The van der Waals surface area contributed by atoms with E-state index in [1.165, 1.54) is 11.9 Å². The summed E-state index contributed by atoms with van der Waals surface area (Å²) in [6, 6.07) is 13.3. The number of aromatic amines is 1. The third-order valence-electron chi connectivity index (χ3n) is 5.98. The predicted molar refractivity (Wildman–Crippen MR) is 137 cm³/mol. The van der Waals surface area contributed by atoms with Crippen LogP contribution in [0.4, 0.5) is 23.1 Å². The zero-order valence-electron chi connectivity index (χ0n) is 18.7. The van der Waals surface area contributed by atoms with Gasteiger partial charge in [0.25, 0.3) is 0 Å². The Morgan fingerprint density at radius 1 is 1.14 bits per heavy atom. The zero-order chi connectivity index (χ0) is 24.2. The van der Waals surface area contributed by atoms with Gasteiger partial charge in [-0.05, 0) is 55.8 Å². The van der Waals surface area contributed by atoms with Crippen molar-refractivity contribution in [1.29, 1.82) is 0 Å². The molecule has 1 unspecified atom stereocenters. The molecule has 5 N–H and O–H groups in total. The summed E-state index contributed by atoms with van der Waals surface area (Å²) in [5, 5.41) is 19.0. The molecule has 2 aromatic carbocycles. The number of hydrogen-bond acceptors (Lipinski definition) is 8. The number of nitrogens with one attached hydrogen (secondary N) is 5. The standard InChI is InChI=1S/C23H25ClN8O2S/c24-18-13-26-23(30-22(18)29-19-4-2-1-3-15(19)12-27-35(33)34)28-16-5-6-17-20(11-16)31-32-21(17)14-7-9-25-10-8-14/h1-6,11,13-14,25,27H,7-10,12H2,(H,31,32)(H,33,34)(H2,26,28,29,30)/p-1. The van der Waals surface area contributed by atoms with E-state index in [0.29, 0.717) is 28.4 Å². The summed E-state index contributed by atoms with van der Waals surface area (Å²) in [6.07, 6.45) is 3.70. The summed E-state index contributed by atoms with van der Waals surface area (Å²) in [5.74, 6) is 1.25. The van der Waals surface area contributed by atoms with Crippen LogP contribution in [0, 0.1) is 0 Å². The molecule has 3 heterocycles. The molecule has 35 heavy (non-hydrogen) atoms. The number of rotatable bonds is 8. The molecule has 0 aliphatic carbocycles. The Kier molecular flexibility index (Phi) is 7.21. The van der Waals surface area contributed by atoms with E-state index in [1.807, 2.05) is 36.4 Å². The van der Waals surface area contributed by atoms with Gasteiger partial charge in [0.1, 0.15) is 5.02 Å². The van der Waals surface area contributed by atoms with E-state index in [2.05, 4.69) is 46.9 Å². The van der Waals surface area contributed by atoms with Crippen LogP contribution in [-0.4, -0.2) is 42.0 Å². The van der Waals surface area contributed by atoms with E-state index >= 15 is 0 Å². The van der Waals surface area contributed by atoms with Crippen LogP contribution < -0.4 is 20.7 Å². The molecule has 5 rings (SSSR count). The highest BCUT2D eigenvalue weighted by Crippen LogP contribution is 2.32. The van der Waals surface area contributed by atoms with Gasteiger partial charge in [0, 0.05) is 46.2 Å². The van der Waals surface area contributed by atoms with E-state index in [9.17, 15) is 8.76 Å². The van der Waals surface area contributed by atoms with Crippen molar-refractivity contribution in [3.05, 3.63) is 64.9 Å². The highest BCUT2D eigenvalue weighted by atomic mass is 35.5. The van der Waals surface area contributed by atoms with Crippen LogP contribution in [0.2, 0.25) is 5.02 Å². The summed E-state index contributed by atoms with van der Waals surface area (Å²) in [6.45, 7) is 2.18. The topological polar surface area (TPSA) is 143 Å². The largest absolute Gasteiger partial charge is 0.760 e. The first-order valence-corrected chi connectivity index (χ1v) is 12.7. The van der Waals surface area contributed by atoms with E-state index in [4.69, 9.17) is 11.6 Å². The Balaban J connectivity index is 1.34. The molecule has 1 fully saturated rings. The van der Waals surface area contributed by atoms with Crippen molar-refractivity contribution in [3.63, 3.8) is 0 Å². The number of para-hydroxylation sites is 1. The minimum Gasteiger partial charge on any atom is -0.760 e. The normalized spacial score (nSPS) is 15.3. The fraction of sp³-hybridized carbons (Fsp3) is 0.261. The van der Waals surface area contributed by atoms with Gasteiger partial charge in [-0.3, -0.25) is 9.31 Å². The fourth-order valence-corrected chi connectivity index (χ4v) is 4.65. The minimum absolute atomic E-state index is 0.135. The summed E-state index contributed by atoms with van der Waals surface area (Å²) < 4.78 is 24.1. The van der Waals surface area contributed by atoms with Gasteiger partial charge < -0.3 is 20.5 Å². The quantitative estimate of drug-likeness (QED) is 0.224. The molecular formula is C23H24ClN8O2S-. The number of hydrogen-bond donors (Lipinski definition) is 5. The van der Waals surface area contributed by atoms with Gasteiger partial charge in [-0.15, -0.1) is 0 Å². The van der Waals surface area contributed by atoms with Crippen LogP contribution in [-0.2, 0) is 17.8 Å². The number of H-pyrrole nitrogens is 1. The Bertz CT molecular complexity index is 1360.